The Kier molecular flexibility index (Phi) is 2.64. The minimum atomic E-state index is -0.161. The number of nitrogens with one attached hydrogen (secondary N) is 2. The van der Waals surface area contributed by atoms with E-state index in [1.54, 1.807) is 0 Å². The van der Waals surface area contributed by atoms with Crippen LogP contribution >= 0.6 is 0 Å². The number of amides is 2. The molecule has 3 aromatic rings. The summed E-state index contributed by atoms with van der Waals surface area (Å²) in [6.07, 6.45) is 0. The van der Waals surface area contributed by atoms with Crippen LogP contribution in [0.2, 0.25) is 0 Å². The van der Waals surface area contributed by atoms with Gasteiger partial charge in [-0.2, -0.15) is 0 Å². The van der Waals surface area contributed by atoms with Gasteiger partial charge in [0.1, 0.15) is 0 Å². The number of carbonyl (C=O) groups excluding carboxylic acids is 1. The molecule has 4 rings (SSSR count). The van der Waals surface area contributed by atoms with Crippen molar-refractivity contribution in [2.24, 2.45) is 0 Å². The summed E-state index contributed by atoms with van der Waals surface area (Å²) >= 11 is 0. The van der Waals surface area contributed by atoms with Gasteiger partial charge in [0, 0.05) is 11.3 Å². The third-order valence-corrected chi connectivity index (χ3v) is 3.92. The van der Waals surface area contributed by atoms with Gasteiger partial charge in [-0.3, -0.25) is 0 Å². The number of hydrogen-bond donors (Lipinski definition) is 2. The molecule has 1 unspecified atom stereocenters. The first-order chi connectivity index (χ1) is 10.3. The molecule has 1 aliphatic rings. The molecule has 0 bridgehead atoms. The molecule has 0 saturated carbocycles. The second-order valence-corrected chi connectivity index (χ2v) is 5.19. The van der Waals surface area contributed by atoms with Crippen LogP contribution in [0.15, 0.2) is 66.7 Å². The van der Waals surface area contributed by atoms with E-state index >= 15 is 0 Å². The first-order valence-electron chi connectivity index (χ1n) is 6.97. The predicted molar refractivity (Wildman–Crippen MR) is 84.4 cm³/mol. The Morgan fingerprint density at radius 1 is 0.810 bits per heavy atom. The predicted octanol–water partition coefficient (Wildman–Crippen LogP) is 4.06. The van der Waals surface area contributed by atoms with Crippen LogP contribution in [0.3, 0.4) is 0 Å². The van der Waals surface area contributed by atoms with Gasteiger partial charge in [-0.25, -0.2) is 4.79 Å². The van der Waals surface area contributed by atoms with E-state index in [1.807, 2.05) is 54.6 Å². The van der Waals surface area contributed by atoms with Crippen molar-refractivity contribution in [3.05, 3.63) is 77.9 Å². The van der Waals surface area contributed by atoms with E-state index in [9.17, 15) is 4.79 Å². The highest BCUT2D eigenvalue weighted by Crippen LogP contribution is 2.37. The molecule has 3 heteroatoms. The standard InChI is InChI=1S/C18H14N2O/c21-18-19-15-11-10-12-6-4-5-9-14(12)16(15)17(20-18)13-7-2-1-3-8-13/h1-11,17H,(H2,19,20,21). The molecule has 21 heavy (non-hydrogen) atoms. The smallest absolute Gasteiger partial charge is 0.320 e. The normalized spacial score (nSPS) is 17.0. The molecular formula is C18H14N2O. The molecule has 1 heterocycles. The summed E-state index contributed by atoms with van der Waals surface area (Å²) in [5, 5.41) is 8.27. The molecule has 1 aliphatic heterocycles. The fraction of sp³-hybridized carbons (Fsp3) is 0.0556. The number of anilines is 1. The highest BCUT2D eigenvalue weighted by molar-refractivity contribution is 6.00. The highest BCUT2D eigenvalue weighted by atomic mass is 16.2. The van der Waals surface area contributed by atoms with Crippen LogP contribution in [0.4, 0.5) is 10.5 Å². The second kappa shape index (κ2) is 4.63. The van der Waals surface area contributed by atoms with Crippen LogP contribution in [0.25, 0.3) is 10.8 Å². The van der Waals surface area contributed by atoms with Crippen molar-refractivity contribution in [1.82, 2.24) is 5.32 Å². The maximum Gasteiger partial charge on any atom is 0.320 e. The SMILES string of the molecule is O=C1Nc2ccc3ccccc3c2C(c2ccccc2)N1. The summed E-state index contributed by atoms with van der Waals surface area (Å²) in [7, 11) is 0. The van der Waals surface area contributed by atoms with Gasteiger partial charge < -0.3 is 10.6 Å². The Hall–Kier alpha value is -2.81. The van der Waals surface area contributed by atoms with E-state index in [0.717, 1.165) is 22.2 Å². The molecule has 102 valence electrons. The van der Waals surface area contributed by atoms with Crippen LogP contribution in [0.1, 0.15) is 17.2 Å². The average molecular weight is 274 g/mol. The molecule has 3 aromatic carbocycles. The lowest BCUT2D eigenvalue weighted by atomic mass is 9.91. The van der Waals surface area contributed by atoms with Crippen LogP contribution < -0.4 is 10.6 Å². The molecule has 0 aromatic heterocycles. The van der Waals surface area contributed by atoms with Crippen molar-refractivity contribution in [3.63, 3.8) is 0 Å². The van der Waals surface area contributed by atoms with E-state index in [0.29, 0.717) is 0 Å². The van der Waals surface area contributed by atoms with E-state index in [-0.39, 0.29) is 12.1 Å². The van der Waals surface area contributed by atoms with Crippen molar-refractivity contribution in [2.45, 2.75) is 6.04 Å². The molecule has 2 N–H and O–H groups in total. The Labute approximate surface area is 122 Å². The Morgan fingerprint density at radius 3 is 2.43 bits per heavy atom. The Morgan fingerprint density at radius 2 is 1.57 bits per heavy atom. The zero-order valence-corrected chi connectivity index (χ0v) is 11.3. The largest absolute Gasteiger partial charge is 0.327 e. The van der Waals surface area contributed by atoms with Gasteiger partial charge in [0.25, 0.3) is 0 Å². The number of carbonyl (C=O) groups is 1. The summed E-state index contributed by atoms with van der Waals surface area (Å²) in [5.41, 5.74) is 3.09. The minimum absolute atomic E-state index is 0.124. The lowest BCUT2D eigenvalue weighted by Gasteiger charge is -2.29. The molecule has 0 spiro atoms. The van der Waals surface area contributed by atoms with Gasteiger partial charge >= 0.3 is 6.03 Å². The van der Waals surface area contributed by atoms with Crippen LogP contribution in [-0.4, -0.2) is 6.03 Å². The first kappa shape index (κ1) is 12.0. The topological polar surface area (TPSA) is 41.1 Å². The summed E-state index contributed by atoms with van der Waals surface area (Å²) in [6.45, 7) is 0. The van der Waals surface area contributed by atoms with Crippen molar-refractivity contribution in [3.8, 4) is 0 Å². The number of urea groups is 1. The fourth-order valence-electron chi connectivity index (χ4n) is 2.97. The first-order valence-corrected chi connectivity index (χ1v) is 6.97. The molecular weight excluding hydrogens is 260 g/mol. The molecule has 1 atom stereocenters. The van der Waals surface area contributed by atoms with Gasteiger partial charge in [-0.1, -0.05) is 60.7 Å². The lowest BCUT2D eigenvalue weighted by Crippen LogP contribution is -2.38. The van der Waals surface area contributed by atoms with Crippen molar-refractivity contribution in [2.75, 3.05) is 5.32 Å². The molecule has 0 saturated heterocycles. The molecule has 0 fully saturated rings. The van der Waals surface area contributed by atoms with Gasteiger partial charge in [0.2, 0.25) is 0 Å². The Balaban J connectivity index is 2.00. The zero-order chi connectivity index (χ0) is 14.2. The molecule has 3 nitrogen and oxygen atoms in total. The Bertz CT molecular complexity index is 827. The summed E-state index contributed by atoms with van der Waals surface area (Å²) in [6, 6.07) is 22.0. The molecule has 2 amide bonds. The number of hydrogen-bond acceptors (Lipinski definition) is 1. The number of fused-ring (bicyclic) bond motifs is 3. The average Bonchev–Trinajstić information content (AvgIpc) is 2.54. The van der Waals surface area contributed by atoms with Gasteiger partial charge in [-0.15, -0.1) is 0 Å². The van der Waals surface area contributed by atoms with Crippen molar-refractivity contribution < 1.29 is 4.79 Å². The zero-order valence-electron chi connectivity index (χ0n) is 11.3. The second-order valence-electron chi connectivity index (χ2n) is 5.19. The molecule has 0 aliphatic carbocycles. The van der Waals surface area contributed by atoms with Crippen molar-refractivity contribution in [1.29, 1.82) is 0 Å². The lowest BCUT2D eigenvalue weighted by molar-refractivity contribution is 0.249. The number of rotatable bonds is 1. The van der Waals surface area contributed by atoms with Crippen LogP contribution in [-0.2, 0) is 0 Å². The summed E-state index contributed by atoms with van der Waals surface area (Å²) < 4.78 is 0. The fourth-order valence-corrected chi connectivity index (χ4v) is 2.97. The van der Waals surface area contributed by atoms with E-state index in [1.165, 1.54) is 5.39 Å². The van der Waals surface area contributed by atoms with Gasteiger partial charge in [0.05, 0.1) is 6.04 Å². The van der Waals surface area contributed by atoms with E-state index < -0.39 is 0 Å². The van der Waals surface area contributed by atoms with Crippen LogP contribution in [0, 0.1) is 0 Å². The summed E-state index contributed by atoms with van der Waals surface area (Å²) in [5.74, 6) is 0. The third-order valence-electron chi connectivity index (χ3n) is 3.92. The summed E-state index contributed by atoms with van der Waals surface area (Å²) in [4.78, 5) is 11.9. The monoisotopic (exact) mass is 274 g/mol. The van der Waals surface area contributed by atoms with Crippen LogP contribution in [0.5, 0.6) is 0 Å². The maximum absolute atomic E-state index is 11.9. The quantitative estimate of drug-likeness (QED) is 0.690. The van der Waals surface area contributed by atoms with Crippen molar-refractivity contribution >= 4 is 22.5 Å². The van der Waals surface area contributed by atoms with Gasteiger partial charge in [-0.05, 0) is 22.4 Å². The number of benzene rings is 3. The highest BCUT2D eigenvalue weighted by Gasteiger charge is 2.26. The third kappa shape index (κ3) is 1.94. The minimum Gasteiger partial charge on any atom is -0.327 e. The maximum atomic E-state index is 11.9. The van der Waals surface area contributed by atoms with Gasteiger partial charge in [0.15, 0.2) is 0 Å². The van der Waals surface area contributed by atoms with E-state index in [2.05, 4.69) is 22.8 Å². The van der Waals surface area contributed by atoms with E-state index in [4.69, 9.17) is 0 Å². The molecule has 0 radical (unpaired) electrons.